The highest BCUT2D eigenvalue weighted by atomic mass is 16.6. The van der Waals surface area contributed by atoms with Crippen molar-refractivity contribution in [3.05, 3.63) is 76.2 Å². The molecule has 0 radical (unpaired) electrons. The second-order valence-corrected chi connectivity index (χ2v) is 4.68. The Hall–Kier alpha value is -3.08. The van der Waals surface area contributed by atoms with Crippen LogP contribution in [0.3, 0.4) is 0 Å². The van der Waals surface area contributed by atoms with E-state index in [9.17, 15) is 10.1 Å². The molecule has 2 aromatic carbocycles. The summed E-state index contributed by atoms with van der Waals surface area (Å²) < 4.78 is 11.6. The van der Waals surface area contributed by atoms with Gasteiger partial charge in [-0.3, -0.25) is 10.1 Å². The van der Waals surface area contributed by atoms with Crippen LogP contribution in [0.2, 0.25) is 0 Å². The van der Waals surface area contributed by atoms with Crippen LogP contribution in [0.15, 0.2) is 59.1 Å². The minimum Gasteiger partial charge on any atom is -0.452 e. The predicted octanol–water partition coefficient (Wildman–Crippen LogP) is 4.20. The van der Waals surface area contributed by atoms with Crippen LogP contribution in [0.1, 0.15) is 11.3 Å². The fraction of sp³-hybridized carbons (Fsp3) is 0. The van der Waals surface area contributed by atoms with Gasteiger partial charge in [-0.25, -0.2) is 0 Å². The van der Waals surface area contributed by atoms with E-state index in [-0.39, 0.29) is 0 Å². The second kappa shape index (κ2) is 4.21. The summed E-state index contributed by atoms with van der Waals surface area (Å²) in [5.74, 6) is 1.51. The second-order valence-electron chi connectivity index (χ2n) is 4.68. The zero-order chi connectivity index (χ0) is 14.4. The summed E-state index contributed by atoms with van der Waals surface area (Å²) in [5, 5.41) is 11.8. The smallest absolute Gasteiger partial charge is 0.246 e. The number of hydrogen-bond acceptors (Lipinski definition) is 4. The van der Waals surface area contributed by atoms with E-state index >= 15 is 0 Å². The monoisotopic (exact) mass is 279 g/mol. The van der Waals surface area contributed by atoms with Crippen LogP contribution in [0.4, 0.5) is 0 Å². The van der Waals surface area contributed by atoms with Crippen molar-refractivity contribution in [1.29, 1.82) is 0 Å². The number of para-hydroxylation sites is 2. The third-order valence-corrected chi connectivity index (χ3v) is 3.42. The van der Waals surface area contributed by atoms with Crippen molar-refractivity contribution in [2.24, 2.45) is 0 Å². The van der Waals surface area contributed by atoms with Crippen LogP contribution in [-0.4, -0.2) is 4.92 Å². The van der Waals surface area contributed by atoms with E-state index in [1.807, 2.05) is 36.4 Å². The Kier molecular flexibility index (Phi) is 2.35. The van der Waals surface area contributed by atoms with Gasteiger partial charge in [-0.05, 0) is 18.2 Å². The molecule has 0 amide bonds. The zero-order valence-corrected chi connectivity index (χ0v) is 10.8. The van der Waals surface area contributed by atoms with E-state index in [0.29, 0.717) is 34.0 Å². The van der Waals surface area contributed by atoms with Crippen LogP contribution in [0.5, 0.6) is 11.5 Å². The lowest BCUT2D eigenvalue weighted by atomic mass is 10.00. The van der Waals surface area contributed by atoms with Gasteiger partial charge in [-0.15, -0.1) is 0 Å². The normalized spacial score (nSPS) is 14.6. The molecule has 5 heteroatoms. The van der Waals surface area contributed by atoms with Crippen LogP contribution >= 0.6 is 0 Å². The van der Waals surface area contributed by atoms with Crippen molar-refractivity contribution in [2.75, 3.05) is 0 Å². The molecule has 4 rings (SSSR count). The average Bonchev–Trinajstić information content (AvgIpc) is 2.85. The minimum atomic E-state index is -0.478. The largest absolute Gasteiger partial charge is 0.452 e. The molecule has 0 saturated heterocycles. The van der Waals surface area contributed by atoms with Crippen molar-refractivity contribution in [2.45, 2.75) is 0 Å². The molecule has 0 aliphatic carbocycles. The third-order valence-electron chi connectivity index (χ3n) is 3.42. The topological polar surface area (TPSA) is 65.5 Å². The van der Waals surface area contributed by atoms with Crippen LogP contribution in [0.25, 0.3) is 16.5 Å². The molecule has 0 saturated carbocycles. The molecule has 5 nitrogen and oxygen atoms in total. The Morgan fingerprint density at radius 1 is 1.05 bits per heavy atom. The SMILES string of the molecule is O=[N+]([O-])/C=C1/c2ccccc2Oc2c1oc1ccccc21. The van der Waals surface area contributed by atoms with Crippen molar-refractivity contribution < 1.29 is 14.1 Å². The summed E-state index contributed by atoms with van der Waals surface area (Å²) in [5.41, 5.74) is 1.72. The van der Waals surface area contributed by atoms with Crippen molar-refractivity contribution in [3.63, 3.8) is 0 Å². The molecule has 1 aromatic heterocycles. The summed E-state index contributed by atoms with van der Waals surface area (Å²) in [4.78, 5) is 10.5. The summed E-state index contributed by atoms with van der Waals surface area (Å²) in [6.07, 6.45) is 0.961. The molecule has 0 N–H and O–H groups in total. The van der Waals surface area contributed by atoms with E-state index in [4.69, 9.17) is 9.15 Å². The Balaban J connectivity index is 2.07. The van der Waals surface area contributed by atoms with Crippen LogP contribution < -0.4 is 4.74 Å². The maximum absolute atomic E-state index is 10.9. The fourth-order valence-corrected chi connectivity index (χ4v) is 2.54. The first-order valence-electron chi connectivity index (χ1n) is 6.38. The quantitative estimate of drug-likeness (QED) is 0.387. The van der Waals surface area contributed by atoms with Gasteiger partial charge in [0, 0.05) is 5.56 Å². The molecular weight excluding hydrogens is 270 g/mol. The molecule has 0 unspecified atom stereocenters. The summed E-state index contributed by atoms with van der Waals surface area (Å²) in [6.45, 7) is 0. The highest BCUT2D eigenvalue weighted by Gasteiger charge is 2.29. The highest BCUT2D eigenvalue weighted by molar-refractivity contribution is 5.96. The third kappa shape index (κ3) is 1.71. The molecular formula is C16H9NO4. The molecule has 21 heavy (non-hydrogen) atoms. The molecule has 2 heterocycles. The number of nitro groups is 1. The number of ether oxygens (including phenoxy) is 1. The fourth-order valence-electron chi connectivity index (χ4n) is 2.54. The Morgan fingerprint density at radius 3 is 2.67 bits per heavy atom. The minimum absolute atomic E-state index is 0.395. The van der Waals surface area contributed by atoms with Crippen LogP contribution in [-0.2, 0) is 0 Å². The Labute approximate surface area is 119 Å². The molecule has 0 spiro atoms. The lowest BCUT2D eigenvalue weighted by Gasteiger charge is -2.17. The van der Waals surface area contributed by atoms with Gasteiger partial charge in [-0.2, -0.15) is 0 Å². The van der Waals surface area contributed by atoms with Gasteiger partial charge >= 0.3 is 0 Å². The summed E-state index contributed by atoms with van der Waals surface area (Å²) >= 11 is 0. The van der Waals surface area contributed by atoms with Crippen molar-refractivity contribution in [3.8, 4) is 11.5 Å². The predicted molar refractivity (Wildman–Crippen MR) is 76.8 cm³/mol. The van der Waals surface area contributed by atoms with Gasteiger partial charge in [0.05, 0.1) is 10.3 Å². The van der Waals surface area contributed by atoms with E-state index in [2.05, 4.69) is 0 Å². The van der Waals surface area contributed by atoms with Crippen LogP contribution in [0, 0.1) is 10.1 Å². The maximum atomic E-state index is 10.9. The number of furan rings is 1. The lowest BCUT2D eigenvalue weighted by molar-refractivity contribution is -0.401. The number of rotatable bonds is 1. The first kappa shape index (κ1) is 11.7. The zero-order valence-electron chi connectivity index (χ0n) is 10.8. The molecule has 1 aliphatic rings. The van der Waals surface area contributed by atoms with E-state index < -0.39 is 4.92 Å². The summed E-state index contributed by atoms with van der Waals surface area (Å²) in [6, 6.07) is 14.6. The summed E-state index contributed by atoms with van der Waals surface area (Å²) in [7, 11) is 0. The van der Waals surface area contributed by atoms with Gasteiger partial charge in [0.25, 0.3) is 0 Å². The van der Waals surface area contributed by atoms with Gasteiger partial charge in [0.15, 0.2) is 11.5 Å². The molecule has 0 bridgehead atoms. The standard InChI is InChI=1S/C16H9NO4/c18-17(19)9-12-10-5-1-3-7-13(10)20-15-11-6-2-4-8-14(11)21-16(12)15/h1-9H/b12-9-. The molecule has 1 aliphatic heterocycles. The first-order valence-corrected chi connectivity index (χ1v) is 6.38. The first-order chi connectivity index (χ1) is 10.2. The number of nitrogens with zero attached hydrogens (tertiary/aromatic N) is 1. The maximum Gasteiger partial charge on any atom is 0.246 e. The van der Waals surface area contributed by atoms with Gasteiger partial charge < -0.3 is 9.15 Å². The number of fused-ring (bicyclic) bond motifs is 4. The van der Waals surface area contributed by atoms with Crippen molar-refractivity contribution >= 4 is 16.5 Å². The molecule has 0 atom stereocenters. The van der Waals surface area contributed by atoms with E-state index in [1.165, 1.54) is 0 Å². The Morgan fingerprint density at radius 2 is 1.81 bits per heavy atom. The van der Waals surface area contributed by atoms with E-state index in [0.717, 1.165) is 11.6 Å². The van der Waals surface area contributed by atoms with Gasteiger partial charge in [0.2, 0.25) is 6.20 Å². The van der Waals surface area contributed by atoms with Crippen molar-refractivity contribution in [1.82, 2.24) is 0 Å². The molecule has 0 fully saturated rings. The average molecular weight is 279 g/mol. The number of hydrogen-bond donors (Lipinski definition) is 0. The highest BCUT2D eigenvalue weighted by Crippen LogP contribution is 2.48. The van der Waals surface area contributed by atoms with Gasteiger partial charge in [-0.1, -0.05) is 30.3 Å². The molecule has 102 valence electrons. The van der Waals surface area contributed by atoms with E-state index in [1.54, 1.807) is 12.1 Å². The number of benzene rings is 2. The van der Waals surface area contributed by atoms with Gasteiger partial charge in [0.1, 0.15) is 16.9 Å². The Bertz CT molecular complexity index is 908. The lowest BCUT2D eigenvalue weighted by Crippen LogP contribution is -2.02. The molecule has 3 aromatic rings.